The second-order valence-corrected chi connectivity index (χ2v) is 12.5. The summed E-state index contributed by atoms with van der Waals surface area (Å²) in [4.78, 5) is 44.2. The maximum absolute atomic E-state index is 14.1. The number of ketones is 2. The van der Waals surface area contributed by atoms with Crippen LogP contribution in [0.15, 0.2) is 35.1 Å². The van der Waals surface area contributed by atoms with Crippen LogP contribution in [0, 0.1) is 11.8 Å². The lowest BCUT2D eigenvalue weighted by Crippen LogP contribution is -2.65. The number of fused-ring (bicyclic) bond motifs is 3. The molecular weight excluding hydrogens is 558 g/mol. The Labute approximate surface area is 239 Å². The van der Waals surface area contributed by atoms with Gasteiger partial charge in [0.2, 0.25) is 5.78 Å². The second kappa shape index (κ2) is 9.62. The van der Waals surface area contributed by atoms with Crippen molar-refractivity contribution in [1.82, 2.24) is 10.2 Å². The molecule has 5 N–H and O–H groups in total. The second-order valence-electron chi connectivity index (χ2n) is 10.8. The fourth-order valence-corrected chi connectivity index (χ4v) is 7.50. The predicted octanol–water partition coefficient (Wildman–Crippen LogP) is 2.67. The molecule has 2 aromatic rings. The van der Waals surface area contributed by atoms with Crippen molar-refractivity contribution in [1.29, 1.82) is 0 Å². The zero-order chi connectivity index (χ0) is 29.4. The van der Waals surface area contributed by atoms with Gasteiger partial charge in [-0.1, -0.05) is 11.6 Å². The highest BCUT2D eigenvalue weighted by Gasteiger charge is 2.64. The van der Waals surface area contributed by atoms with E-state index in [1.54, 1.807) is 32.3 Å². The number of hydrogen-bond acceptors (Lipinski definition) is 10. The number of aromatic hydroxyl groups is 1. The van der Waals surface area contributed by atoms with Gasteiger partial charge in [-0.2, -0.15) is 0 Å². The van der Waals surface area contributed by atoms with Gasteiger partial charge in [-0.3, -0.25) is 19.3 Å². The SMILES string of the molecule is CNC(=O)C1=C(O)[C@@]2(O)C(=O)C3=C(O)c4c(O)c(-c5ccc(Cl)s5)cc(N(C)C)c4C[C@H]3C[C@H]2[C@H](N(C)C)C1=O. The molecule has 0 bridgehead atoms. The van der Waals surface area contributed by atoms with Crippen molar-refractivity contribution in [2.45, 2.75) is 24.5 Å². The lowest BCUT2D eigenvalue weighted by molar-refractivity contribution is -0.153. The fourth-order valence-electron chi connectivity index (χ4n) is 6.44. The fraction of sp³-hybridized carbons (Fsp3) is 0.393. The Kier molecular flexibility index (Phi) is 6.77. The number of hydrogen-bond donors (Lipinski definition) is 5. The van der Waals surface area contributed by atoms with E-state index in [2.05, 4.69) is 5.32 Å². The van der Waals surface area contributed by atoms with E-state index in [0.29, 0.717) is 26.0 Å². The van der Waals surface area contributed by atoms with E-state index in [9.17, 15) is 34.8 Å². The molecule has 1 aromatic heterocycles. The molecular formula is C28H30ClN3O7S. The van der Waals surface area contributed by atoms with E-state index in [0.717, 1.165) is 0 Å². The standard InChI is InChI=1S/C28H30ClN3O7S/c1-30-27(38)20-24(35)21(32(4)5)14-9-11-8-12-15(31(2)3)10-13(16-6-7-17(29)40-16)22(33)19(12)23(34)18(11)25(36)28(14,39)26(20)37/h6-7,10-11,14,21,33-34,37,39H,8-9H2,1-5H3,(H,30,38)/t11-,14-,21-,28-/m0/s1. The third-order valence-corrected chi connectivity index (χ3v) is 9.49. The van der Waals surface area contributed by atoms with E-state index >= 15 is 0 Å². The molecule has 1 saturated carbocycles. The number of carbonyl (C=O) groups excluding carboxylic acids is 3. The van der Waals surface area contributed by atoms with Crippen LogP contribution < -0.4 is 10.2 Å². The van der Waals surface area contributed by atoms with Gasteiger partial charge in [0.25, 0.3) is 5.91 Å². The van der Waals surface area contributed by atoms with Crippen molar-refractivity contribution < 1.29 is 34.8 Å². The molecule has 4 atom stereocenters. The van der Waals surface area contributed by atoms with Crippen molar-refractivity contribution >= 4 is 51.9 Å². The van der Waals surface area contributed by atoms with Crippen LogP contribution in [-0.2, 0) is 20.8 Å². The van der Waals surface area contributed by atoms with Crippen molar-refractivity contribution in [2.75, 3.05) is 40.1 Å². The summed E-state index contributed by atoms with van der Waals surface area (Å²) in [6.07, 6.45) is 0.275. The quantitative estimate of drug-likeness (QED) is 0.340. The normalized spacial score (nSPS) is 26.1. The molecule has 1 aromatic carbocycles. The van der Waals surface area contributed by atoms with Gasteiger partial charge in [0.05, 0.1) is 15.9 Å². The first-order chi connectivity index (χ1) is 18.7. The van der Waals surface area contributed by atoms with Crippen LogP contribution >= 0.6 is 22.9 Å². The molecule has 212 valence electrons. The number of phenols is 1. The summed E-state index contributed by atoms with van der Waals surface area (Å²) >= 11 is 7.38. The van der Waals surface area contributed by atoms with Crippen LogP contribution in [0.2, 0.25) is 4.34 Å². The predicted molar refractivity (Wildman–Crippen MR) is 152 cm³/mol. The lowest BCUT2D eigenvalue weighted by atomic mass is 9.57. The maximum Gasteiger partial charge on any atom is 0.258 e. The molecule has 3 aliphatic carbocycles. The third kappa shape index (κ3) is 3.79. The summed E-state index contributed by atoms with van der Waals surface area (Å²) in [5, 5.41) is 48.3. The van der Waals surface area contributed by atoms with Gasteiger partial charge >= 0.3 is 0 Å². The summed E-state index contributed by atoms with van der Waals surface area (Å²) in [6, 6.07) is 4.14. The van der Waals surface area contributed by atoms with E-state index in [1.807, 2.05) is 19.0 Å². The molecule has 1 amide bonds. The molecule has 0 saturated heterocycles. The van der Waals surface area contributed by atoms with Crippen molar-refractivity contribution in [3.05, 3.63) is 50.6 Å². The average Bonchev–Trinajstić information content (AvgIpc) is 3.31. The van der Waals surface area contributed by atoms with Crippen LogP contribution in [0.3, 0.4) is 0 Å². The van der Waals surface area contributed by atoms with E-state index in [-0.39, 0.29) is 29.7 Å². The summed E-state index contributed by atoms with van der Waals surface area (Å²) < 4.78 is 0.508. The van der Waals surface area contributed by atoms with Gasteiger partial charge in [0.1, 0.15) is 22.8 Å². The molecule has 0 radical (unpaired) electrons. The molecule has 3 aliphatic rings. The molecule has 0 unspecified atom stereocenters. The van der Waals surface area contributed by atoms with Crippen molar-refractivity contribution in [3.8, 4) is 16.2 Å². The molecule has 40 heavy (non-hydrogen) atoms. The van der Waals surface area contributed by atoms with Crippen molar-refractivity contribution in [3.63, 3.8) is 0 Å². The largest absolute Gasteiger partial charge is 0.508 e. The number of nitrogens with one attached hydrogen (secondary N) is 1. The number of amides is 1. The van der Waals surface area contributed by atoms with Crippen LogP contribution in [0.4, 0.5) is 5.69 Å². The highest BCUT2D eigenvalue weighted by atomic mass is 35.5. The number of rotatable bonds is 4. The summed E-state index contributed by atoms with van der Waals surface area (Å²) in [5.74, 6) is -6.17. The van der Waals surface area contributed by atoms with Gasteiger partial charge in [-0.05, 0) is 56.6 Å². The van der Waals surface area contributed by atoms with Crippen LogP contribution in [0.5, 0.6) is 5.75 Å². The Morgan fingerprint density at radius 3 is 2.38 bits per heavy atom. The van der Waals surface area contributed by atoms with Gasteiger partial charge in [0, 0.05) is 48.8 Å². The van der Waals surface area contributed by atoms with E-state index in [4.69, 9.17) is 11.6 Å². The number of phenolic OH excluding ortho intramolecular Hbond substituents is 1. The van der Waals surface area contributed by atoms with E-state index in [1.165, 1.54) is 23.3 Å². The number of Topliss-reactive ketones (excluding diaryl/α,β-unsaturated/α-hetero) is 2. The Morgan fingerprint density at radius 1 is 1.15 bits per heavy atom. The first-order valence-electron chi connectivity index (χ1n) is 12.6. The van der Waals surface area contributed by atoms with Crippen LogP contribution in [0.1, 0.15) is 17.5 Å². The van der Waals surface area contributed by atoms with Gasteiger partial charge < -0.3 is 30.6 Å². The number of likely N-dealkylation sites (N-methyl/N-ethyl adjacent to an activating group) is 2. The van der Waals surface area contributed by atoms with Gasteiger partial charge in [0.15, 0.2) is 11.4 Å². The molecule has 1 fully saturated rings. The summed E-state index contributed by atoms with van der Waals surface area (Å²) in [5.41, 5.74) is -1.72. The first kappa shape index (κ1) is 28.2. The highest BCUT2D eigenvalue weighted by molar-refractivity contribution is 7.19. The number of anilines is 1. The monoisotopic (exact) mass is 587 g/mol. The summed E-state index contributed by atoms with van der Waals surface area (Å²) in [7, 11) is 8.10. The summed E-state index contributed by atoms with van der Waals surface area (Å²) in [6.45, 7) is 0. The number of benzene rings is 1. The topological polar surface area (TPSA) is 151 Å². The number of halogens is 1. The zero-order valence-electron chi connectivity index (χ0n) is 22.6. The number of aliphatic hydroxyl groups excluding tert-OH is 2. The first-order valence-corrected chi connectivity index (χ1v) is 13.8. The highest BCUT2D eigenvalue weighted by Crippen LogP contribution is 2.55. The minimum absolute atomic E-state index is 0.0522. The zero-order valence-corrected chi connectivity index (χ0v) is 24.1. The molecule has 10 nitrogen and oxygen atoms in total. The Balaban J connectivity index is 1.77. The molecule has 1 heterocycles. The maximum atomic E-state index is 14.1. The molecule has 0 aliphatic heterocycles. The molecule has 5 rings (SSSR count). The number of carbonyl (C=O) groups is 3. The van der Waals surface area contributed by atoms with Crippen molar-refractivity contribution in [2.24, 2.45) is 11.8 Å². The third-order valence-electron chi connectivity index (χ3n) is 8.23. The smallest absolute Gasteiger partial charge is 0.258 e. The Hall–Kier alpha value is -3.38. The van der Waals surface area contributed by atoms with E-state index < -0.39 is 58.0 Å². The minimum atomic E-state index is -2.64. The lowest BCUT2D eigenvalue weighted by Gasteiger charge is -2.50. The van der Waals surface area contributed by atoms with Crippen LogP contribution in [-0.4, -0.2) is 89.7 Å². The van der Waals surface area contributed by atoms with Gasteiger partial charge in [-0.15, -0.1) is 11.3 Å². The Bertz CT molecular complexity index is 1540. The molecule has 12 heteroatoms. The number of nitrogens with zero attached hydrogens (tertiary/aromatic N) is 2. The molecule has 0 spiro atoms. The number of aliphatic hydroxyl groups is 3. The van der Waals surface area contributed by atoms with Crippen LogP contribution in [0.25, 0.3) is 16.2 Å². The number of thiophene rings is 1. The minimum Gasteiger partial charge on any atom is -0.508 e. The van der Waals surface area contributed by atoms with Gasteiger partial charge in [-0.25, -0.2) is 0 Å². The average molecular weight is 588 g/mol. The Morgan fingerprint density at radius 2 is 1.82 bits per heavy atom.